The van der Waals surface area contributed by atoms with Crippen LogP contribution in [0.15, 0.2) is 24.3 Å². The van der Waals surface area contributed by atoms with Crippen molar-refractivity contribution in [2.75, 3.05) is 5.32 Å². The molecule has 1 aromatic rings. The van der Waals surface area contributed by atoms with E-state index in [-0.39, 0.29) is 24.0 Å². The highest BCUT2D eigenvalue weighted by Crippen LogP contribution is 2.30. The van der Waals surface area contributed by atoms with Crippen molar-refractivity contribution >= 4 is 24.0 Å². The molecule has 0 aromatic heterocycles. The van der Waals surface area contributed by atoms with E-state index in [9.17, 15) is 9.18 Å². The first kappa shape index (κ1) is 12.9. The molecule has 0 aliphatic heterocycles. The molecule has 1 aliphatic rings. The molecule has 16 heavy (non-hydrogen) atoms. The molecule has 3 nitrogen and oxygen atoms in total. The number of amides is 1. The number of nitrogens with two attached hydrogens (primary N) is 1. The van der Waals surface area contributed by atoms with Crippen molar-refractivity contribution in [2.24, 2.45) is 5.73 Å². The summed E-state index contributed by atoms with van der Waals surface area (Å²) in [5, 5.41) is 2.51. The molecule has 1 aliphatic carbocycles. The van der Waals surface area contributed by atoms with Crippen LogP contribution in [0.25, 0.3) is 0 Å². The zero-order chi connectivity index (χ0) is 10.9. The van der Waals surface area contributed by atoms with Gasteiger partial charge in [-0.2, -0.15) is 0 Å². The van der Waals surface area contributed by atoms with Crippen LogP contribution in [0.4, 0.5) is 10.1 Å². The lowest BCUT2D eigenvalue weighted by atomic mass is 9.77. The van der Waals surface area contributed by atoms with Crippen molar-refractivity contribution in [2.45, 2.75) is 24.8 Å². The number of hydrogen-bond acceptors (Lipinski definition) is 2. The summed E-state index contributed by atoms with van der Waals surface area (Å²) in [5.41, 5.74) is 5.21. The minimum atomic E-state index is -0.789. The Morgan fingerprint density at radius 3 is 2.50 bits per heavy atom. The number of halogens is 2. The average Bonchev–Trinajstić information content (AvgIpc) is 2.18. The number of anilines is 1. The standard InChI is InChI=1S/C11H13FN2O.ClH/c12-8-4-1-2-5-9(8)14-10(15)11(13)6-3-7-11;/h1-2,4-5H,3,6-7,13H2,(H,14,15);1H. The van der Waals surface area contributed by atoms with E-state index in [1.807, 2.05) is 0 Å². The van der Waals surface area contributed by atoms with E-state index in [1.165, 1.54) is 12.1 Å². The summed E-state index contributed by atoms with van der Waals surface area (Å²) in [5.74, 6) is -0.729. The fourth-order valence-electron chi connectivity index (χ4n) is 1.59. The monoisotopic (exact) mass is 244 g/mol. The van der Waals surface area contributed by atoms with E-state index in [2.05, 4.69) is 5.32 Å². The molecule has 2 rings (SSSR count). The normalized spacial score (nSPS) is 16.9. The third-order valence-corrected chi connectivity index (χ3v) is 2.82. The highest BCUT2D eigenvalue weighted by Gasteiger charge is 2.40. The lowest BCUT2D eigenvalue weighted by Gasteiger charge is -2.36. The number of rotatable bonds is 2. The van der Waals surface area contributed by atoms with Gasteiger partial charge in [-0.1, -0.05) is 12.1 Å². The molecule has 0 radical (unpaired) electrons. The summed E-state index contributed by atoms with van der Waals surface area (Å²) < 4.78 is 13.2. The molecule has 0 unspecified atom stereocenters. The predicted octanol–water partition coefficient (Wildman–Crippen LogP) is 2.07. The van der Waals surface area contributed by atoms with Gasteiger partial charge in [0.2, 0.25) is 5.91 Å². The van der Waals surface area contributed by atoms with Crippen LogP contribution in [0.5, 0.6) is 0 Å². The quantitative estimate of drug-likeness (QED) is 0.837. The van der Waals surface area contributed by atoms with Crippen LogP contribution in [-0.4, -0.2) is 11.4 Å². The Bertz CT molecular complexity index is 393. The summed E-state index contributed by atoms with van der Waals surface area (Å²) in [6.07, 6.45) is 2.31. The predicted molar refractivity (Wildman–Crippen MR) is 63.0 cm³/mol. The smallest absolute Gasteiger partial charge is 0.244 e. The lowest BCUT2D eigenvalue weighted by Crippen LogP contribution is -2.56. The van der Waals surface area contributed by atoms with Gasteiger partial charge < -0.3 is 11.1 Å². The van der Waals surface area contributed by atoms with Crippen molar-refractivity contribution in [3.05, 3.63) is 30.1 Å². The Morgan fingerprint density at radius 1 is 1.38 bits per heavy atom. The van der Waals surface area contributed by atoms with Gasteiger partial charge in [-0.25, -0.2) is 4.39 Å². The third kappa shape index (κ3) is 2.33. The maximum atomic E-state index is 13.2. The Morgan fingerprint density at radius 2 is 2.00 bits per heavy atom. The van der Waals surface area contributed by atoms with Gasteiger partial charge in [-0.3, -0.25) is 4.79 Å². The van der Waals surface area contributed by atoms with Crippen LogP contribution < -0.4 is 11.1 Å². The summed E-state index contributed by atoms with van der Waals surface area (Å²) in [6, 6.07) is 6.07. The zero-order valence-electron chi connectivity index (χ0n) is 8.70. The van der Waals surface area contributed by atoms with Crippen LogP contribution in [0.3, 0.4) is 0 Å². The molecule has 1 saturated carbocycles. The van der Waals surface area contributed by atoms with Crippen LogP contribution in [-0.2, 0) is 4.79 Å². The number of nitrogens with one attached hydrogen (secondary N) is 1. The van der Waals surface area contributed by atoms with Gasteiger partial charge >= 0.3 is 0 Å². The highest BCUT2D eigenvalue weighted by molar-refractivity contribution is 5.98. The number of benzene rings is 1. The largest absolute Gasteiger partial charge is 0.322 e. The lowest BCUT2D eigenvalue weighted by molar-refractivity contribution is -0.123. The second kappa shape index (κ2) is 4.80. The molecule has 0 saturated heterocycles. The molecule has 1 fully saturated rings. The van der Waals surface area contributed by atoms with Crippen molar-refractivity contribution < 1.29 is 9.18 Å². The van der Waals surface area contributed by atoms with Crippen LogP contribution in [0, 0.1) is 5.82 Å². The van der Waals surface area contributed by atoms with Gasteiger partial charge in [0.05, 0.1) is 11.2 Å². The molecule has 0 bridgehead atoms. The molecule has 1 amide bonds. The molecule has 1 aromatic carbocycles. The molecule has 3 N–H and O–H groups in total. The second-order valence-electron chi connectivity index (χ2n) is 3.94. The minimum absolute atomic E-state index is 0. The van der Waals surface area contributed by atoms with E-state index < -0.39 is 11.4 Å². The maximum absolute atomic E-state index is 13.2. The number of carbonyl (C=O) groups is 1. The topological polar surface area (TPSA) is 55.1 Å². The molecule has 0 heterocycles. The van der Waals surface area contributed by atoms with E-state index in [1.54, 1.807) is 12.1 Å². The second-order valence-corrected chi connectivity index (χ2v) is 3.94. The Balaban J connectivity index is 0.00000128. The molecular weight excluding hydrogens is 231 g/mol. The fourth-order valence-corrected chi connectivity index (χ4v) is 1.59. The first-order valence-corrected chi connectivity index (χ1v) is 4.97. The van der Waals surface area contributed by atoms with Gasteiger partial charge in [0, 0.05) is 0 Å². The van der Waals surface area contributed by atoms with Crippen molar-refractivity contribution in [3.63, 3.8) is 0 Å². The van der Waals surface area contributed by atoms with Crippen LogP contribution >= 0.6 is 12.4 Å². The summed E-state index contributed by atoms with van der Waals surface area (Å²) in [7, 11) is 0. The first-order chi connectivity index (χ1) is 7.12. The van der Waals surface area contributed by atoms with E-state index in [0.717, 1.165) is 6.42 Å². The molecule has 5 heteroatoms. The summed E-state index contributed by atoms with van der Waals surface area (Å²) in [4.78, 5) is 11.7. The third-order valence-electron chi connectivity index (χ3n) is 2.82. The zero-order valence-corrected chi connectivity index (χ0v) is 9.52. The van der Waals surface area contributed by atoms with E-state index >= 15 is 0 Å². The average molecular weight is 245 g/mol. The van der Waals surface area contributed by atoms with E-state index in [4.69, 9.17) is 5.73 Å². The minimum Gasteiger partial charge on any atom is -0.322 e. The van der Waals surface area contributed by atoms with Gasteiger partial charge in [-0.15, -0.1) is 12.4 Å². The van der Waals surface area contributed by atoms with Crippen LogP contribution in [0.2, 0.25) is 0 Å². The van der Waals surface area contributed by atoms with Crippen molar-refractivity contribution in [1.82, 2.24) is 0 Å². The van der Waals surface area contributed by atoms with Gasteiger partial charge in [0.15, 0.2) is 0 Å². The Labute approximate surface area is 99.6 Å². The molecular formula is C11H14ClFN2O. The number of carbonyl (C=O) groups excluding carboxylic acids is 1. The Hall–Kier alpha value is -1.13. The first-order valence-electron chi connectivity index (χ1n) is 4.97. The molecule has 88 valence electrons. The fraction of sp³-hybridized carbons (Fsp3) is 0.364. The SMILES string of the molecule is Cl.NC1(C(=O)Nc2ccccc2F)CCC1. The summed E-state index contributed by atoms with van der Waals surface area (Å²) in [6.45, 7) is 0. The maximum Gasteiger partial charge on any atom is 0.244 e. The van der Waals surface area contributed by atoms with Crippen molar-refractivity contribution in [3.8, 4) is 0 Å². The molecule has 0 spiro atoms. The highest BCUT2D eigenvalue weighted by atomic mass is 35.5. The van der Waals surface area contributed by atoms with Crippen LogP contribution in [0.1, 0.15) is 19.3 Å². The van der Waals surface area contributed by atoms with Crippen molar-refractivity contribution in [1.29, 1.82) is 0 Å². The number of para-hydroxylation sites is 1. The van der Waals surface area contributed by atoms with Gasteiger partial charge in [0.1, 0.15) is 5.82 Å². The summed E-state index contributed by atoms with van der Waals surface area (Å²) >= 11 is 0. The molecule has 0 atom stereocenters. The Kier molecular flexibility index (Phi) is 3.88. The number of hydrogen-bond donors (Lipinski definition) is 2. The van der Waals surface area contributed by atoms with Gasteiger partial charge in [-0.05, 0) is 31.4 Å². The van der Waals surface area contributed by atoms with E-state index in [0.29, 0.717) is 12.8 Å². The van der Waals surface area contributed by atoms with Gasteiger partial charge in [0.25, 0.3) is 0 Å².